The molecule has 0 fully saturated rings. The number of halogens is 3. The molecule has 3 aromatic rings. The van der Waals surface area contributed by atoms with Gasteiger partial charge in [-0.2, -0.15) is 13.2 Å². The van der Waals surface area contributed by atoms with Gasteiger partial charge in [-0.3, -0.25) is 0 Å². The molecule has 4 nitrogen and oxygen atoms in total. The maximum Gasteiger partial charge on any atom is 0.451 e. The first-order valence-corrected chi connectivity index (χ1v) is 6.86. The minimum absolute atomic E-state index is 0.153. The number of aromatic nitrogens is 2. The Morgan fingerprint density at radius 2 is 1.65 bits per heavy atom. The Balaban J connectivity index is 1.96. The molecule has 0 saturated carbocycles. The summed E-state index contributed by atoms with van der Waals surface area (Å²) in [6, 6.07) is 13.6. The van der Waals surface area contributed by atoms with Crippen LogP contribution in [0.15, 0.2) is 48.5 Å². The molecule has 0 spiro atoms. The smallest absolute Gasteiger partial charge is 0.399 e. The molecular formula is C16H13F3N4. The Hall–Kier alpha value is -2.83. The number of hydrogen-bond donors (Lipinski definition) is 2. The van der Waals surface area contributed by atoms with Crippen LogP contribution in [0.2, 0.25) is 0 Å². The maximum absolute atomic E-state index is 12.9. The molecule has 23 heavy (non-hydrogen) atoms. The van der Waals surface area contributed by atoms with Crippen molar-refractivity contribution in [2.24, 2.45) is 0 Å². The number of nitrogens with zero attached hydrogens (tertiary/aromatic N) is 2. The van der Waals surface area contributed by atoms with Crippen LogP contribution in [0.4, 0.5) is 24.7 Å². The van der Waals surface area contributed by atoms with E-state index in [1.54, 1.807) is 42.5 Å². The molecule has 3 N–H and O–H groups in total. The summed E-state index contributed by atoms with van der Waals surface area (Å²) in [7, 11) is 0. The fourth-order valence-corrected chi connectivity index (χ4v) is 2.16. The first-order chi connectivity index (χ1) is 10.9. The third-order valence-electron chi connectivity index (χ3n) is 3.30. The highest BCUT2D eigenvalue weighted by Gasteiger charge is 2.35. The number of fused-ring (bicyclic) bond motifs is 1. The van der Waals surface area contributed by atoms with Gasteiger partial charge < -0.3 is 11.1 Å². The van der Waals surface area contributed by atoms with Crippen LogP contribution in [0.3, 0.4) is 0 Å². The second kappa shape index (κ2) is 5.75. The highest BCUT2D eigenvalue weighted by atomic mass is 19.4. The average Bonchev–Trinajstić information content (AvgIpc) is 2.53. The van der Waals surface area contributed by atoms with E-state index in [1.165, 1.54) is 6.07 Å². The molecule has 0 aliphatic rings. The van der Waals surface area contributed by atoms with Gasteiger partial charge in [-0.25, -0.2) is 9.97 Å². The first kappa shape index (κ1) is 15.1. The molecule has 0 bridgehead atoms. The summed E-state index contributed by atoms with van der Waals surface area (Å²) in [6.45, 7) is 0.332. The van der Waals surface area contributed by atoms with Crippen LogP contribution in [-0.4, -0.2) is 9.97 Å². The number of alkyl halides is 3. The fourth-order valence-electron chi connectivity index (χ4n) is 2.16. The van der Waals surface area contributed by atoms with Gasteiger partial charge in [0.1, 0.15) is 5.82 Å². The monoisotopic (exact) mass is 318 g/mol. The SMILES string of the molecule is Nc1ccc(CNc2nc(C(F)(F)F)nc3ccccc23)cc1. The Bertz CT molecular complexity index is 829. The number of para-hydroxylation sites is 1. The van der Waals surface area contributed by atoms with Crippen LogP contribution in [-0.2, 0) is 12.7 Å². The Kier molecular flexibility index (Phi) is 3.77. The number of anilines is 2. The Morgan fingerprint density at radius 3 is 2.35 bits per heavy atom. The molecule has 0 aliphatic carbocycles. The van der Waals surface area contributed by atoms with Crippen molar-refractivity contribution in [1.82, 2.24) is 9.97 Å². The number of nitrogens with two attached hydrogens (primary N) is 1. The lowest BCUT2D eigenvalue weighted by Gasteiger charge is -2.12. The van der Waals surface area contributed by atoms with E-state index in [-0.39, 0.29) is 11.3 Å². The van der Waals surface area contributed by atoms with Crippen molar-refractivity contribution in [3.63, 3.8) is 0 Å². The molecule has 2 aromatic carbocycles. The highest BCUT2D eigenvalue weighted by molar-refractivity contribution is 5.89. The summed E-state index contributed by atoms with van der Waals surface area (Å²) in [4.78, 5) is 7.21. The molecule has 0 amide bonds. The van der Waals surface area contributed by atoms with E-state index in [2.05, 4.69) is 15.3 Å². The first-order valence-electron chi connectivity index (χ1n) is 6.86. The predicted octanol–water partition coefficient (Wildman–Crippen LogP) is 3.84. The summed E-state index contributed by atoms with van der Waals surface area (Å²) in [5.41, 5.74) is 7.37. The van der Waals surface area contributed by atoms with E-state index in [0.717, 1.165) is 5.56 Å². The third kappa shape index (κ3) is 3.33. The van der Waals surface area contributed by atoms with Gasteiger partial charge in [0.05, 0.1) is 5.52 Å². The average molecular weight is 318 g/mol. The van der Waals surface area contributed by atoms with E-state index in [1.807, 2.05) is 0 Å². The van der Waals surface area contributed by atoms with Crippen molar-refractivity contribution in [2.45, 2.75) is 12.7 Å². The van der Waals surface area contributed by atoms with Gasteiger partial charge >= 0.3 is 6.18 Å². The number of rotatable bonds is 3. The summed E-state index contributed by atoms with van der Waals surface area (Å²) in [6.07, 6.45) is -4.60. The fraction of sp³-hybridized carbons (Fsp3) is 0.125. The van der Waals surface area contributed by atoms with Crippen LogP contribution in [0.5, 0.6) is 0 Å². The zero-order valence-corrected chi connectivity index (χ0v) is 11.9. The zero-order chi connectivity index (χ0) is 16.4. The lowest BCUT2D eigenvalue weighted by atomic mass is 10.2. The second-order valence-electron chi connectivity index (χ2n) is 5.01. The minimum atomic E-state index is -4.60. The van der Waals surface area contributed by atoms with E-state index >= 15 is 0 Å². The quantitative estimate of drug-likeness (QED) is 0.720. The summed E-state index contributed by atoms with van der Waals surface area (Å²) in [5.74, 6) is -1.00. The van der Waals surface area contributed by atoms with Gasteiger partial charge in [0, 0.05) is 17.6 Å². The van der Waals surface area contributed by atoms with Crippen molar-refractivity contribution in [2.75, 3.05) is 11.1 Å². The van der Waals surface area contributed by atoms with E-state index in [0.29, 0.717) is 17.6 Å². The van der Waals surface area contributed by atoms with E-state index < -0.39 is 12.0 Å². The van der Waals surface area contributed by atoms with Crippen LogP contribution >= 0.6 is 0 Å². The van der Waals surface area contributed by atoms with Crippen molar-refractivity contribution in [1.29, 1.82) is 0 Å². The molecule has 0 atom stereocenters. The Morgan fingerprint density at radius 1 is 0.957 bits per heavy atom. The topological polar surface area (TPSA) is 63.8 Å². The number of nitrogens with one attached hydrogen (secondary N) is 1. The highest BCUT2D eigenvalue weighted by Crippen LogP contribution is 2.30. The number of benzene rings is 2. The maximum atomic E-state index is 12.9. The second-order valence-corrected chi connectivity index (χ2v) is 5.01. The minimum Gasteiger partial charge on any atom is -0.399 e. The van der Waals surface area contributed by atoms with Gasteiger partial charge in [-0.05, 0) is 29.8 Å². The molecule has 0 aliphatic heterocycles. The van der Waals surface area contributed by atoms with Gasteiger partial charge in [0.2, 0.25) is 5.82 Å². The molecule has 118 valence electrons. The molecule has 7 heteroatoms. The molecule has 0 saturated heterocycles. The van der Waals surface area contributed by atoms with Gasteiger partial charge in [-0.15, -0.1) is 0 Å². The van der Waals surface area contributed by atoms with E-state index in [9.17, 15) is 13.2 Å². The molecule has 1 heterocycles. The normalized spacial score (nSPS) is 11.6. The van der Waals surface area contributed by atoms with Gasteiger partial charge in [-0.1, -0.05) is 24.3 Å². The molecular weight excluding hydrogens is 305 g/mol. The standard InChI is InChI=1S/C16H13F3N4/c17-16(18,19)15-22-13-4-2-1-3-12(13)14(23-15)21-9-10-5-7-11(20)8-6-10/h1-8H,9,20H2,(H,21,22,23). The Labute approximate surface area is 130 Å². The summed E-state index contributed by atoms with van der Waals surface area (Å²) < 4.78 is 38.8. The molecule has 0 unspecified atom stereocenters. The molecule has 0 radical (unpaired) electrons. The summed E-state index contributed by atoms with van der Waals surface area (Å²) in [5, 5.41) is 3.48. The van der Waals surface area contributed by atoms with Crippen molar-refractivity contribution in [3.05, 3.63) is 59.9 Å². The van der Waals surface area contributed by atoms with Crippen molar-refractivity contribution >= 4 is 22.4 Å². The van der Waals surface area contributed by atoms with Crippen LogP contribution < -0.4 is 11.1 Å². The molecule has 1 aromatic heterocycles. The predicted molar refractivity (Wildman–Crippen MR) is 82.7 cm³/mol. The van der Waals surface area contributed by atoms with Gasteiger partial charge in [0.15, 0.2) is 0 Å². The van der Waals surface area contributed by atoms with Gasteiger partial charge in [0.25, 0.3) is 0 Å². The van der Waals surface area contributed by atoms with Crippen molar-refractivity contribution in [3.8, 4) is 0 Å². The summed E-state index contributed by atoms with van der Waals surface area (Å²) >= 11 is 0. The third-order valence-corrected chi connectivity index (χ3v) is 3.30. The zero-order valence-electron chi connectivity index (χ0n) is 11.9. The van der Waals surface area contributed by atoms with Crippen LogP contribution in [0, 0.1) is 0 Å². The lowest BCUT2D eigenvalue weighted by Crippen LogP contribution is -2.13. The molecule has 3 rings (SSSR count). The largest absolute Gasteiger partial charge is 0.451 e. The van der Waals surface area contributed by atoms with Crippen LogP contribution in [0.1, 0.15) is 11.4 Å². The van der Waals surface area contributed by atoms with E-state index in [4.69, 9.17) is 5.73 Å². The lowest BCUT2D eigenvalue weighted by molar-refractivity contribution is -0.144. The van der Waals surface area contributed by atoms with Crippen molar-refractivity contribution < 1.29 is 13.2 Å². The number of hydrogen-bond acceptors (Lipinski definition) is 4. The number of nitrogen functional groups attached to an aromatic ring is 1. The van der Waals surface area contributed by atoms with Crippen LogP contribution in [0.25, 0.3) is 10.9 Å².